The topological polar surface area (TPSA) is 24.9 Å². The van der Waals surface area contributed by atoms with Gasteiger partial charge in [0.15, 0.2) is 6.23 Å². The standard InChI is InChI=1S/C30H40N2O2/c1-30(2,3)26-10-13-27(14-11-26)34-28-12-9-24-20-23(7-8-25(24)21-28)22-31-15-17-32(18-16-31)29-6-4-5-19-33-29/h4-9,12,19-21,26-27,29H,10-11,13-18,22H2,1-3H3/t26-,27-,29?. The zero-order chi connectivity index (χ0) is 23.5. The van der Waals surface area contributed by atoms with E-state index in [0.717, 1.165) is 44.4 Å². The summed E-state index contributed by atoms with van der Waals surface area (Å²) >= 11 is 0. The molecule has 2 fully saturated rings. The van der Waals surface area contributed by atoms with E-state index in [2.05, 4.69) is 79.1 Å². The first-order valence-corrected chi connectivity index (χ1v) is 13.1. The van der Waals surface area contributed by atoms with Crippen LogP contribution in [0, 0.1) is 11.3 Å². The first-order chi connectivity index (χ1) is 16.4. The normalized spacial score (nSPS) is 26.5. The number of piperazine rings is 1. The molecule has 0 aromatic heterocycles. The molecule has 4 heteroatoms. The molecule has 2 aliphatic heterocycles. The molecule has 0 bridgehead atoms. The fraction of sp³-hybridized carbons (Fsp3) is 0.533. The van der Waals surface area contributed by atoms with Crippen LogP contribution < -0.4 is 4.74 Å². The van der Waals surface area contributed by atoms with E-state index >= 15 is 0 Å². The molecule has 2 heterocycles. The average Bonchev–Trinajstić information content (AvgIpc) is 2.85. The van der Waals surface area contributed by atoms with Gasteiger partial charge in [0.2, 0.25) is 0 Å². The Morgan fingerprint density at radius 3 is 2.32 bits per heavy atom. The van der Waals surface area contributed by atoms with Crippen molar-refractivity contribution >= 4 is 10.8 Å². The SMILES string of the molecule is CC(C)(C)[C@H]1CC[C@H](Oc2ccc3cc(CN4CCN(C5C=CC=CO5)CC4)ccc3c2)CC1. The fourth-order valence-corrected chi connectivity index (χ4v) is 5.70. The third-order valence-electron chi connectivity index (χ3n) is 7.93. The Bertz CT molecular complexity index is 1020. The second-order valence-corrected chi connectivity index (χ2v) is 11.4. The van der Waals surface area contributed by atoms with Gasteiger partial charge in [-0.05, 0) is 83.7 Å². The molecule has 182 valence electrons. The molecule has 0 radical (unpaired) electrons. The van der Waals surface area contributed by atoms with Crippen LogP contribution >= 0.6 is 0 Å². The van der Waals surface area contributed by atoms with Crippen LogP contribution in [0.15, 0.2) is 60.9 Å². The Labute approximate surface area is 205 Å². The molecule has 1 atom stereocenters. The minimum absolute atomic E-state index is 0.0951. The van der Waals surface area contributed by atoms with Crippen molar-refractivity contribution in [2.75, 3.05) is 26.2 Å². The number of hydrogen-bond donors (Lipinski definition) is 0. The maximum atomic E-state index is 6.40. The molecule has 1 saturated heterocycles. The molecule has 1 unspecified atom stereocenters. The van der Waals surface area contributed by atoms with Gasteiger partial charge in [0, 0.05) is 32.7 Å². The Morgan fingerprint density at radius 2 is 1.62 bits per heavy atom. The minimum atomic E-state index is 0.0951. The van der Waals surface area contributed by atoms with Crippen LogP contribution in [-0.4, -0.2) is 48.3 Å². The predicted molar refractivity (Wildman–Crippen MR) is 140 cm³/mol. The molecule has 4 nitrogen and oxygen atoms in total. The van der Waals surface area contributed by atoms with Gasteiger partial charge >= 0.3 is 0 Å². The third kappa shape index (κ3) is 5.67. The van der Waals surface area contributed by atoms with Gasteiger partial charge in [-0.15, -0.1) is 0 Å². The van der Waals surface area contributed by atoms with Gasteiger partial charge in [-0.1, -0.05) is 45.0 Å². The first kappa shape index (κ1) is 23.4. The Kier molecular flexibility index (Phi) is 6.99. The Balaban J connectivity index is 1.14. The molecule has 0 spiro atoms. The molecular formula is C30H40N2O2. The monoisotopic (exact) mass is 460 g/mol. The lowest BCUT2D eigenvalue weighted by molar-refractivity contribution is -0.00738. The summed E-state index contributed by atoms with van der Waals surface area (Å²) in [6.45, 7) is 12.3. The van der Waals surface area contributed by atoms with E-state index in [1.54, 1.807) is 6.26 Å². The molecule has 34 heavy (non-hydrogen) atoms. The number of fused-ring (bicyclic) bond motifs is 1. The minimum Gasteiger partial charge on any atom is -0.490 e. The van der Waals surface area contributed by atoms with Gasteiger partial charge < -0.3 is 9.47 Å². The summed E-state index contributed by atoms with van der Waals surface area (Å²) in [7, 11) is 0. The van der Waals surface area contributed by atoms with Crippen LogP contribution in [0.1, 0.15) is 52.0 Å². The smallest absolute Gasteiger partial charge is 0.171 e. The summed E-state index contributed by atoms with van der Waals surface area (Å²) in [5, 5.41) is 2.57. The summed E-state index contributed by atoms with van der Waals surface area (Å²) in [4.78, 5) is 4.96. The molecule has 5 rings (SSSR count). The van der Waals surface area contributed by atoms with Crippen LogP contribution in [0.5, 0.6) is 5.75 Å². The van der Waals surface area contributed by atoms with Gasteiger partial charge in [0.1, 0.15) is 5.75 Å². The molecule has 2 aromatic carbocycles. The summed E-state index contributed by atoms with van der Waals surface area (Å²) < 4.78 is 12.1. The second-order valence-electron chi connectivity index (χ2n) is 11.4. The highest BCUT2D eigenvalue weighted by Gasteiger charge is 2.30. The maximum absolute atomic E-state index is 6.40. The number of rotatable bonds is 5. The number of ether oxygens (including phenoxy) is 2. The highest BCUT2D eigenvalue weighted by Crippen LogP contribution is 2.39. The van der Waals surface area contributed by atoms with E-state index in [1.807, 2.05) is 6.08 Å². The molecule has 0 N–H and O–H groups in total. The lowest BCUT2D eigenvalue weighted by Gasteiger charge is -2.38. The van der Waals surface area contributed by atoms with Crippen molar-refractivity contribution in [3.8, 4) is 5.75 Å². The summed E-state index contributed by atoms with van der Waals surface area (Å²) in [5.74, 6) is 1.84. The van der Waals surface area contributed by atoms with Crippen molar-refractivity contribution in [3.05, 3.63) is 66.5 Å². The van der Waals surface area contributed by atoms with Gasteiger partial charge in [-0.2, -0.15) is 0 Å². The number of benzene rings is 2. The van der Waals surface area contributed by atoms with E-state index in [-0.39, 0.29) is 6.23 Å². The van der Waals surface area contributed by atoms with Crippen LogP contribution in [0.3, 0.4) is 0 Å². The van der Waals surface area contributed by atoms with Crippen molar-refractivity contribution in [1.29, 1.82) is 0 Å². The van der Waals surface area contributed by atoms with Crippen molar-refractivity contribution in [2.45, 2.75) is 65.3 Å². The summed E-state index contributed by atoms with van der Waals surface area (Å²) in [6.07, 6.45) is 13.3. The second kappa shape index (κ2) is 10.1. The summed E-state index contributed by atoms with van der Waals surface area (Å²) in [6, 6.07) is 13.5. The quantitative estimate of drug-likeness (QED) is 0.518. The molecule has 1 aliphatic carbocycles. The lowest BCUT2D eigenvalue weighted by atomic mass is 9.72. The van der Waals surface area contributed by atoms with Crippen LogP contribution in [0.2, 0.25) is 0 Å². The summed E-state index contributed by atoms with van der Waals surface area (Å²) in [5.41, 5.74) is 1.80. The largest absolute Gasteiger partial charge is 0.490 e. The zero-order valence-corrected chi connectivity index (χ0v) is 21.1. The van der Waals surface area contributed by atoms with Gasteiger partial charge in [0.05, 0.1) is 12.4 Å². The van der Waals surface area contributed by atoms with Gasteiger partial charge in [-0.25, -0.2) is 0 Å². The molecular weight excluding hydrogens is 420 g/mol. The Morgan fingerprint density at radius 1 is 0.882 bits per heavy atom. The van der Waals surface area contributed by atoms with Crippen LogP contribution in [0.4, 0.5) is 0 Å². The van der Waals surface area contributed by atoms with Crippen molar-refractivity contribution in [2.24, 2.45) is 11.3 Å². The highest BCUT2D eigenvalue weighted by molar-refractivity contribution is 5.84. The molecule has 2 aromatic rings. The molecule has 3 aliphatic rings. The first-order valence-electron chi connectivity index (χ1n) is 13.1. The number of hydrogen-bond acceptors (Lipinski definition) is 4. The van der Waals surface area contributed by atoms with E-state index in [4.69, 9.17) is 9.47 Å². The Hall–Kier alpha value is -2.30. The maximum Gasteiger partial charge on any atom is 0.171 e. The van der Waals surface area contributed by atoms with E-state index in [9.17, 15) is 0 Å². The third-order valence-corrected chi connectivity index (χ3v) is 7.93. The van der Waals surface area contributed by atoms with Gasteiger partial charge in [-0.3, -0.25) is 9.80 Å². The van der Waals surface area contributed by atoms with Crippen LogP contribution in [0.25, 0.3) is 10.8 Å². The average molecular weight is 461 g/mol. The van der Waals surface area contributed by atoms with Crippen molar-refractivity contribution in [1.82, 2.24) is 9.80 Å². The van der Waals surface area contributed by atoms with E-state index in [0.29, 0.717) is 11.5 Å². The van der Waals surface area contributed by atoms with Crippen LogP contribution in [-0.2, 0) is 11.3 Å². The predicted octanol–water partition coefficient (Wildman–Crippen LogP) is 6.37. The molecule has 0 amide bonds. The van der Waals surface area contributed by atoms with Gasteiger partial charge in [0.25, 0.3) is 0 Å². The highest BCUT2D eigenvalue weighted by atomic mass is 16.5. The van der Waals surface area contributed by atoms with E-state index in [1.165, 1.54) is 42.0 Å². The lowest BCUT2D eigenvalue weighted by Crippen LogP contribution is -2.50. The number of nitrogens with zero attached hydrogens (tertiary/aromatic N) is 2. The van der Waals surface area contributed by atoms with Crippen molar-refractivity contribution < 1.29 is 9.47 Å². The molecule has 1 saturated carbocycles. The van der Waals surface area contributed by atoms with E-state index < -0.39 is 0 Å². The fourth-order valence-electron chi connectivity index (χ4n) is 5.70. The zero-order valence-electron chi connectivity index (χ0n) is 21.1. The van der Waals surface area contributed by atoms with Crippen molar-refractivity contribution in [3.63, 3.8) is 0 Å². The number of allylic oxidation sites excluding steroid dienone is 2.